The Morgan fingerprint density at radius 2 is 1.43 bits per heavy atom. The lowest BCUT2D eigenvalue weighted by Crippen LogP contribution is -2.02. The molecular weight excluding hydrogens is 189 g/mol. The zero-order chi connectivity index (χ0) is 11.0. The minimum atomic E-state index is -3.96. The summed E-state index contributed by atoms with van der Waals surface area (Å²) >= 11 is 0. The first-order chi connectivity index (χ1) is 6.49. The van der Waals surface area contributed by atoms with Crippen molar-refractivity contribution in [2.45, 2.75) is 32.9 Å². The van der Waals surface area contributed by atoms with Crippen molar-refractivity contribution in [2.75, 3.05) is 0 Å². The van der Waals surface area contributed by atoms with Gasteiger partial charge in [0.1, 0.15) is 0 Å². The zero-order valence-electron chi connectivity index (χ0n) is 8.43. The Balaban J connectivity index is 0.000000255. The summed E-state index contributed by atoms with van der Waals surface area (Å²) in [6.45, 7) is 3.25. The summed E-state index contributed by atoms with van der Waals surface area (Å²) in [7, 11) is 0. The maximum atomic E-state index is 10.8. The molecule has 80 valence electrons. The number of rotatable bonds is 1. The van der Waals surface area contributed by atoms with E-state index in [-0.39, 0.29) is 0 Å². The van der Waals surface area contributed by atoms with Crippen molar-refractivity contribution in [3.05, 3.63) is 35.9 Å². The molecule has 0 fully saturated rings. The van der Waals surface area contributed by atoms with Crippen molar-refractivity contribution in [1.29, 1.82) is 0 Å². The van der Waals surface area contributed by atoms with Crippen LogP contribution in [0, 0.1) is 0 Å². The minimum absolute atomic E-state index is 0.729. The highest BCUT2D eigenvalue weighted by Crippen LogP contribution is 2.17. The van der Waals surface area contributed by atoms with E-state index >= 15 is 0 Å². The number of aryl methyl sites for hydroxylation is 1. The first kappa shape index (κ1) is 13.0. The molecule has 0 nitrogen and oxygen atoms in total. The van der Waals surface area contributed by atoms with Gasteiger partial charge in [0.05, 0.1) is 0 Å². The second kappa shape index (κ2) is 6.46. The fourth-order valence-electron chi connectivity index (χ4n) is 0.714. The molecule has 1 aromatic carbocycles. The summed E-state index contributed by atoms with van der Waals surface area (Å²) in [5.41, 5.74) is 1.41. The summed E-state index contributed by atoms with van der Waals surface area (Å²) in [5.74, 6) is 0. The van der Waals surface area contributed by atoms with Crippen molar-refractivity contribution in [3.63, 3.8) is 0 Å². The summed E-state index contributed by atoms with van der Waals surface area (Å²) in [6, 6.07) is 10.5. The highest BCUT2D eigenvalue weighted by atomic mass is 19.4. The Morgan fingerprint density at radius 3 is 1.64 bits per heavy atom. The van der Waals surface area contributed by atoms with Crippen LogP contribution in [0.4, 0.5) is 13.2 Å². The minimum Gasteiger partial charge on any atom is -0.171 e. The van der Waals surface area contributed by atoms with Crippen LogP contribution in [0.15, 0.2) is 30.3 Å². The van der Waals surface area contributed by atoms with E-state index in [2.05, 4.69) is 31.2 Å². The van der Waals surface area contributed by atoms with Crippen molar-refractivity contribution >= 4 is 0 Å². The molecule has 0 N–H and O–H groups in total. The molecule has 0 atom stereocenters. The number of hydrogen-bond acceptors (Lipinski definition) is 0. The third-order valence-electron chi connectivity index (χ3n) is 1.65. The lowest BCUT2D eigenvalue weighted by atomic mass is 10.2. The third kappa shape index (κ3) is 7.65. The van der Waals surface area contributed by atoms with Crippen molar-refractivity contribution in [3.8, 4) is 0 Å². The van der Waals surface area contributed by atoms with Gasteiger partial charge in [-0.25, -0.2) is 0 Å². The molecular formula is C11H15F3. The molecule has 0 aliphatic carbocycles. The molecule has 0 aliphatic heterocycles. The van der Waals surface area contributed by atoms with Gasteiger partial charge in [0.2, 0.25) is 0 Å². The van der Waals surface area contributed by atoms with Crippen LogP contribution in [0.5, 0.6) is 0 Å². The van der Waals surface area contributed by atoms with E-state index < -0.39 is 12.6 Å². The maximum Gasteiger partial charge on any atom is 0.388 e. The van der Waals surface area contributed by atoms with Gasteiger partial charge in [0.25, 0.3) is 0 Å². The van der Waals surface area contributed by atoms with Crippen molar-refractivity contribution < 1.29 is 13.2 Å². The Hall–Kier alpha value is -0.990. The molecule has 0 aliphatic rings. The van der Waals surface area contributed by atoms with Crippen LogP contribution in [0.1, 0.15) is 25.8 Å². The van der Waals surface area contributed by atoms with Crippen LogP contribution >= 0.6 is 0 Å². The van der Waals surface area contributed by atoms with Crippen LogP contribution < -0.4 is 0 Å². The Labute approximate surface area is 82.8 Å². The molecule has 0 spiro atoms. The molecule has 0 radical (unpaired) electrons. The summed E-state index contributed by atoms with van der Waals surface area (Å²) < 4.78 is 32.4. The van der Waals surface area contributed by atoms with Gasteiger partial charge in [-0.2, -0.15) is 13.2 Å². The topological polar surface area (TPSA) is 0 Å². The summed E-state index contributed by atoms with van der Waals surface area (Å²) in [5, 5.41) is 0. The first-order valence-corrected chi connectivity index (χ1v) is 4.60. The average molecular weight is 204 g/mol. The second-order valence-electron chi connectivity index (χ2n) is 2.81. The standard InChI is InChI=1S/C8H10.C3H5F3/c1-2-8-6-4-3-5-7-8;1-2-3(4,5)6/h3-7H,2H2,1H3;2H2,1H3. The van der Waals surface area contributed by atoms with E-state index in [1.807, 2.05) is 6.07 Å². The molecule has 0 amide bonds. The molecule has 0 saturated carbocycles. The van der Waals surface area contributed by atoms with E-state index in [4.69, 9.17) is 0 Å². The van der Waals surface area contributed by atoms with E-state index in [0.717, 1.165) is 13.3 Å². The monoisotopic (exact) mass is 204 g/mol. The summed E-state index contributed by atoms with van der Waals surface area (Å²) in [6.07, 6.45) is -3.55. The van der Waals surface area contributed by atoms with Gasteiger partial charge in [-0.1, -0.05) is 44.2 Å². The van der Waals surface area contributed by atoms with Gasteiger partial charge in [-0.15, -0.1) is 0 Å². The molecule has 14 heavy (non-hydrogen) atoms. The van der Waals surface area contributed by atoms with Crippen molar-refractivity contribution in [2.24, 2.45) is 0 Å². The van der Waals surface area contributed by atoms with Gasteiger partial charge < -0.3 is 0 Å². The maximum absolute atomic E-state index is 10.8. The molecule has 0 bridgehead atoms. The predicted octanol–water partition coefficient (Wildman–Crippen LogP) is 4.21. The Bertz CT molecular complexity index is 226. The van der Waals surface area contributed by atoms with Gasteiger partial charge in [0.15, 0.2) is 0 Å². The van der Waals surface area contributed by atoms with E-state index in [9.17, 15) is 13.2 Å². The van der Waals surface area contributed by atoms with Gasteiger partial charge >= 0.3 is 6.18 Å². The molecule has 0 saturated heterocycles. The van der Waals surface area contributed by atoms with Crippen LogP contribution in [-0.4, -0.2) is 6.18 Å². The number of alkyl halides is 3. The second-order valence-corrected chi connectivity index (χ2v) is 2.81. The summed E-state index contributed by atoms with van der Waals surface area (Å²) in [4.78, 5) is 0. The van der Waals surface area contributed by atoms with Crippen LogP contribution in [0.2, 0.25) is 0 Å². The lowest BCUT2D eigenvalue weighted by Gasteiger charge is -1.96. The van der Waals surface area contributed by atoms with Crippen LogP contribution in [0.25, 0.3) is 0 Å². The smallest absolute Gasteiger partial charge is 0.171 e. The Morgan fingerprint density at radius 1 is 1.00 bits per heavy atom. The molecule has 1 rings (SSSR count). The fourth-order valence-corrected chi connectivity index (χ4v) is 0.714. The molecule has 1 aromatic rings. The highest BCUT2D eigenvalue weighted by Gasteiger charge is 2.22. The van der Waals surface area contributed by atoms with E-state index in [1.54, 1.807) is 0 Å². The fraction of sp³-hybridized carbons (Fsp3) is 0.455. The quantitative estimate of drug-likeness (QED) is 0.642. The molecule has 3 heteroatoms. The number of benzene rings is 1. The molecule has 0 unspecified atom stereocenters. The van der Waals surface area contributed by atoms with Gasteiger partial charge in [-0.05, 0) is 12.0 Å². The number of halogens is 3. The predicted molar refractivity (Wildman–Crippen MR) is 52.2 cm³/mol. The van der Waals surface area contributed by atoms with Crippen LogP contribution in [-0.2, 0) is 6.42 Å². The van der Waals surface area contributed by atoms with Gasteiger partial charge in [-0.3, -0.25) is 0 Å². The van der Waals surface area contributed by atoms with E-state index in [0.29, 0.717) is 0 Å². The number of hydrogen-bond donors (Lipinski definition) is 0. The van der Waals surface area contributed by atoms with Crippen LogP contribution in [0.3, 0.4) is 0 Å². The third-order valence-corrected chi connectivity index (χ3v) is 1.65. The van der Waals surface area contributed by atoms with Gasteiger partial charge in [0, 0.05) is 6.42 Å². The normalized spacial score (nSPS) is 10.4. The Kier molecular flexibility index (Phi) is 6.00. The highest BCUT2D eigenvalue weighted by molar-refractivity contribution is 5.13. The van der Waals surface area contributed by atoms with Crippen molar-refractivity contribution in [1.82, 2.24) is 0 Å². The lowest BCUT2D eigenvalue weighted by molar-refractivity contribution is -0.130. The first-order valence-electron chi connectivity index (χ1n) is 4.60. The zero-order valence-corrected chi connectivity index (χ0v) is 8.43. The molecule has 0 heterocycles. The SMILES string of the molecule is CCC(F)(F)F.CCc1ccccc1. The molecule has 0 aromatic heterocycles. The van der Waals surface area contributed by atoms with E-state index in [1.165, 1.54) is 5.56 Å². The average Bonchev–Trinajstić information content (AvgIpc) is 2.19. The largest absolute Gasteiger partial charge is 0.388 e.